The number of rotatable bonds is 13. The van der Waals surface area contributed by atoms with Crippen LogP contribution < -0.4 is 0 Å². The second kappa shape index (κ2) is 17.3. The molecule has 10 rings (SSSR count). The van der Waals surface area contributed by atoms with Gasteiger partial charge in [0.05, 0.1) is 41.1 Å². The molecular weight excluding hydrogens is 853 g/mol. The highest BCUT2D eigenvalue weighted by Crippen LogP contribution is 2.76. The molecule has 3 aromatic rings. The van der Waals surface area contributed by atoms with Gasteiger partial charge < -0.3 is 39.5 Å². The maximum Gasteiger partial charge on any atom is 0.160 e. The quantitative estimate of drug-likeness (QED) is 0.106. The third-order valence-corrected chi connectivity index (χ3v) is 20.8. The summed E-state index contributed by atoms with van der Waals surface area (Å²) in [5, 5.41) is 46.2. The fourth-order valence-corrected chi connectivity index (χ4v) is 17.1. The molecular formula is C58H82N2O8. The Morgan fingerprint density at radius 2 is 1.68 bits per heavy atom. The number of ether oxygens (including phenoxy) is 2. The number of nitrogens with one attached hydrogen (secondary N) is 1. The van der Waals surface area contributed by atoms with E-state index in [1.165, 1.54) is 22.3 Å². The number of ketones is 2. The molecule has 1 aromatic carbocycles. The highest BCUT2D eigenvalue weighted by atomic mass is 16.6. The molecule has 0 radical (unpaired) electrons. The number of aliphatic hydroxyl groups is 4. The van der Waals surface area contributed by atoms with E-state index in [1.54, 1.807) is 6.92 Å². The van der Waals surface area contributed by atoms with Gasteiger partial charge in [-0.05, 0) is 166 Å². The number of hydrogen-bond donors (Lipinski definition) is 5. The molecule has 4 saturated carbocycles. The number of benzene rings is 1. The van der Waals surface area contributed by atoms with Crippen LogP contribution in [0.1, 0.15) is 161 Å². The van der Waals surface area contributed by atoms with Crippen molar-refractivity contribution in [1.82, 2.24) is 9.55 Å². The van der Waals surface area contributed by atoms with Crippen molar-refractivity contribution in [2.24, 2.45) is 57.2 Å². The highest BCUT2D eigenvalue weighted by Gasteiger charge is 2.73. The summed E-state index contributed by atoms with van der Waals surface area (Å²) in [6.07, 6.45) is 10.8. The van der Waals surface area contributed by atoms with E-state index in [4.69, 9.17) is 9.47 Å². The number of aromatic nitrogens is 2. The third kappa shape index (κ3) is 7.70. The molecule has 68 heavy (non-hydrogen) atoms. The lowest BCUT2D eigenvalue weighted by atomic mass is 9.34. The topological polar surface area (TPSA) is 158 Å². The Hall–Kier alpha value is -3.12. The molecule has 15 unspecified atom stereocenters. The van der Waals surface area contributed by atoms with Gasteiger partial charge in [0.2, 0.25) is 0 Å². The summed E-state index contributed by atoms with van der Waals surface area (Å²) in [5.74, 6) is 0.703. The lowest BCUT2D eigenvalue weighted by Crippen LogP contribution is -2.68. The summed E-state index contributed by atoms with van der Waals surface area (Å²) in [6.45, 7) is 21.4. The van der Waals surface area contributed by atoms with Crippen LogP contribution in [0, 0.1) is 64.1 Å². The average molecular weight is 935 g/mol. The van der Waals surface area contributed by atoms with E-state index < -0.39 is 46.3 Å². The Morgan fingerprint density at radius 3 is 2.38 bits per heavy atom. The minimum absolute atomic E-state index is 0.0617. The summed E-state index contributed by atoms with van der Waals surface area (Å²) < 4.78 is 14.0. The van der Waals surface area contributed by atoms with Crippen LogP contribution >= 0.6 is 0 Å². The Labute approximate surface area is 405 Å². The first-order chi connectivity index (χ1) is 32.1. The zero-order chi connectivity index (χ0) is 48.5. The maximum atomic E-state index is 15.0. The molecule has 5 N–H and O–H groups in total. The zero-order valence-electron chi connectivity index (χ0n) is 42.6. The number of aromatic amines is 1. The Morgan fingerprint density at radius 1 is 0.941 bits per heavy atom. The van der Waals surface area contributed by atoms with Crippen LogP contribution in [0.3, 0.4) is 0 Å². The molecule has 15 atom stereocenters. The van der Waals surface area contributed by atoms with Crippen molar-refractivity contribution in [2.75, 3.05) is 13.2 Å². The van der Waals surface area contributed by atoms with E-state index in [9.17, 15) is 25.2 Å². The number of H-pyrrole nitrogens is 1. The molecule has 5 aliphatic carbocycles. The van der Waals surface area contributed by atoms with Crippen LogP contribution in [0.25, 0.3) is 11.0 Å². The number of carbonyl (C=O) groups excluding carboxylic acids is 2. The molecule has 2 aliphatic heterocycles. The molecule has 7 aliphatic rings. The summed E-state index contributed by atoms with van der Waals surface area (Å²) in [5.41, 5.74) is 6.91. The first kappa shape index (κ1) is 48.5. The molecule has 0 bridgehead atoms. The summed E-state index contributed by atoms with van der Waals surface area (Å²) in [4.78, 5) is 33.3. The van der Waals surface area contributed by atoms with Crippen LogP contribution in [0.4, 0.5) is 0 Å². The number of hydrogen-bond acceptors (Lipinski definition) is 8. The first-order valence-electron chi connectivity index (χ1n) is 26.6. The number of aryl methyl sites for hydroxylation is 1. The summed E-state index contributed by atoms with van der Waals surface area (Å²) >= 11 is 0. The molecule has 372 valence electrons. The first-order valence-corrected chi connectivity index (χ1v) is 26.6. The Kier molecular flexibility index (Phi) is 12.3. The van der Waals surface area contributed by atoms with Gasteiger partial charge >= 0.3 is 0 Å². The molecule has 0 amide bonds. The van der Waals surface area contributed by atoms with E-state index in [1.807, 2.05) is 20.0 Å². The normalized spacial score (nSPS) is 38.9. The van der Waals surface area contributed by atoms with E-state index in [0.717, 1.165) is 86.8 Å². The van der Waals surface area contributed by atoms with Crippen molar-refractivity contribution in [2.45, 2.75) is 194 Å². The Bertz CT molecular complexity index is 2460. The van der Waals surface area contributed by atoms with Gasteiger partial charge in [-0.3, -0.25) is 9.59 Å². The van der Waals surface area contributed by atoms with Gasteiger partial charge in [-0.15, -0.1) is 0 Å². The van der Waals surface area contributed by atoms with Crippen LogP contribution in [0.15, 0.2) is 47.8 Å². The minimum atomic E-state index is -0.785. The summed E-state index contributed by atoms with van der Waals surface area (Å²) in [7, 11) is 0. The standard InChI is InChI=1S/C58H82N2O8/c1-32-22-36(25-38(23-32)37-15-20-67-21-16-37)26-39-30-60(42-14-19-59-50(39)42)31-41-49-48(33(2)24-44(63)53-54(4,5)68-53)45(64)29-57(49,8)56(7)18-12-46-55(6,52(56)51(41)66)17-13-47(65)58(46,9)40-11-10-35(27-40)28-43(62)34(3)61/h14,19,22-23,25,30,33-35,37,40-41,43-44,46,51-53,59,61-63,66H,10-13,15-18,20-21,24,26-29,31H2,1-9H3. The number of epoxide rings is 1. The van der Waals surface area contributed by atoms with Gasteiger partial charge in [-0.25, -0.2) is 0 Å². The number of carbonyl (C=O) groups is 2. The van der Waals surface area contributed by atoms with Crippen LogP contribution in [-0.2, 0) is 32.0 Å². The maximum absolute atomic E-state index is 15.0. The highest BCUT2D eigenvalue weighted by molar-refractivity contribution is 6.01. The van der Waals surface area contributed by atoms with Gasteiger partial charge in [0.1, 0.15) is 11.9 Å². The lowest BCUT2D eigenvalue weighted by Gasteiger charge is -2.70. The van der Waals surface area contributed by atoms with E-state index >= 15 is 4.79 Å². The van der Waals surface area contributed by atoms with Crippen molar-refractivity contribution in [3.05, 3.63) is 70.1 Å². The Balaban J connectivity index is 1.04. The second-order valence-corrected chi connectivity index (χ2v) is 25.2. The molecule has 4 heterocycles. The predicted molar refractivity (Wildman–Crippen MR) is 264 cm³/mol. The van der Waals surface area contributed by atoms with Gasteiger partial charge in [-0.2, -0.15) is 0 Å². The average Bonchev–Trinajstić information content (AvgIpc) is 3.80. The van der Waals surface area contributed by atoms with Crippen molar-refractivity contribution < 1.29 is 39.5 Å². The van der Waals surface area contributed by atoms with Crippen molar-refractivity contribution in [3.8, 4) is 0 Å². The number of aliphatic hydroxyl groups excluding tert-OH is 4. The minimum Gasteiger partial charge on any atom is -0.392 e. The molecule has 10 nitrogen and oxygen atoms in total. The molecule has 2 saturated heterocycles. The fraction of sp³-hybridized carbons (Fsp3) is 0.724. The van der Waals surface area contributed by atoms with Crippen LogP contribution in [0.5, 0.6) is 0 Å². The van der Waals surface area contributed by atoms with Crippen molar-refractivity contribution in [1.29, 1.82) is 0 Å². The summed E-state index contributed by atoms with van der Waals surface area (Å²) in [6, 6.07) is 9.19. The number of Topliss-reactive ketones (excluding diaryl/α,β-unsaturated/α-hetero) is 2. The molecule has 10 heteroatoms. The third-order valence-electron chi connectivity index (χ3n) is 20.8. The zero-order valence-corrected chi connectivity index (χ0v) is 42.6. The van der Waals surface area contributed by atoms with E-state index in [2.05, 4.69) is 81.6 Å². The van der Waals surface area contributed by atoms with Gasteiger partial charge in [-0.1, -0.05) is 64.8 Å². The molecule has 6 fully saturated rings. The van der Waals surface area contributed by atoms with Gasteiger partial charge in [0.25, 0.3) is 0 Å². The predicted octanol–water partition coefficient (Wildman–Crippen LogP) is 9.55. The van der Waals surface area contributed by atoms with Crippen LogP contribution in [0.2, 0.25) is 0 Å². The molecule has 0 spiro atoms. The van der Waals surface area contributed by atoms with E-state index in [0.29, 0.717) is 50.4 Å². The number of allylic oxidation sites excluding steroid dienone is 1. The lowest BCUT2D eigenvalue weighted by molar-refractivity contribution is -0.227. The SMILES string of the molecule is Cc1cc(Cc2cn(CC3C4=C(C(C)CC(O)C5OC5(C)C)C(=O)CC4(C)C4(C)CCC5C(C)(CCC(=O)C5(C)C5CCC(CC(O)C(C)O)C5)C4C3O)c3cc[nH]c23)cc(C2CCOCC2)c1. The smallest absolute Gasteiger partial charge is 0.160 e. The largest absolute Gasteiger partial charge is 0.392 e. The van der Waals surface area contributed by atoms with Crippen molar-refractivity contribution in [3.63, 3.8) is 0 Å². The second-order valence-electron chi connectivity index (χ2n) is 25.2. The van der Waals surface area contributed by atoms with E-state index in [-0.39, 0.29) is 52.8 Å². The monoisotopic (exact) mass is 935 g/mol. The molecule has 2 aromatic heterocycles. The fourth-order valence-electron chi connectivity index (χ4n) is 17.1. The van der Waals surface area contributed by atoms with Crippen LogP contribution in [-0.4, -0.2) is 90.9 Å². The van der Waals surface area contributed by atoms with Gasteiger partial charge in [0, 0.05) is 68.2 Å². The van der Waals surface area contributed by atoms with Gasteiger partial charge in [0.15, 0.2) is 5.78 Å². The van der Waals surface area contributed by atoms with Crippen molar-refractivity contribution >= 4 is 22.6 Å². The number of fused-ring (bicyclic) bond motifs is 6. The number of nitrogens with zero attached hydrogens (tertiary/aromatic N) is 1.